The second-order valence-corrected chi connectivity index (χ2v) is 28.9. The summed E-state index contributed by atoms with van der Waals surface area (Å²) in [5, 5.41) is 0. The molecule has 0 fully saturated rings. The van der Waals surface area contributed by atoms with E-state index in [1.54, 1.807) is 0 Å². The lowest BCUT2D eigenvalue weighted by Gasteiger charge is -2.11. The zero-order chi connectivity index (χ0) is 80.2. The normalized spacial score (nSPS) is 10.7. The highest BCUT2D eigenvalue weighted by molar-refractivity contribution is 5.81. The Morgan fingerprint density at radius 1 is 0.136 bits per heavy atom. The fraction of sp³-hybridized carbons (Fsp3) is 0.0364. The molecule has 0 atom stereocenters. The number of rotatable bonds is 15. The third kappa shape index (κ3) is 19.3. The molecule has 0 aliphatic heterocycles. The molecule has 0 saturated heterocycles. The lowest BCUT2D eigenvalue weighted by atomic mass is 10.0. The molecule has 118 heavy (non-hydrogen) atoms. The average Bonchev–Trinajstić information content (AvgIpc) is 0.809. The van der Waals surface area contributed by atoms with Crippen molar-refractivity contribution in [1.82, 2.24) is 39.9 Å². The molecule has 19 aromatic rings. The van der Waals surface area contributed by atoms with Crippen molar-refractivity contribution in [1.29, 1.82) is 0 Å². The molecule has 564 valence electrons. The molecule has 15 aromatic carbocycles. The Morgan fingerprint density at radius 2 is 0.381 bits per heavy atom. The zero-order valence-electron chi connectivity index (χ0n) is 66.1. The molecular weight excluding hydrogens is 1430 g/mol. The van der Waals surface area contributed by atoms with Crippen LogP contribution in [-0.4, -0.2) is 39.9 Å². The van der Waals surface area contributed by atoms with Crippen molar-refractivity contribution in [2.45, 2.75) is 27.7 Å². The van der Waals surface area contributed by atoms with Crippen LogP contribution in [0.25, 0.3) is 169 Å². The van der Waals surface area contributed by atoms with Crippen LogP contribution >= 0.6 is 0 Å². The van der Waals surface area contributed by atoms with Crippen molar-refractivity contribution in [3.05, 3.63) is 459 Å². The van der Waals surface area contributed by atoms with E-state index in [1.165, 1.54) is 55.6 Å². The summed E-state index contributed by atoms with van der Waals surface area (Å²) < 4.78 is 0. The first-order valence-corrected chi connectivity index (χ1v) is 39.7. The minimum atomic E-state index is 0.737. The van der Waals surface area contributed by atoms with Gasteiger partial charge in [-0.25, -0.2) is 39.9 Å². The molecule has 0 aliphatic carbocycles. The van der Waals surface area contributed by atoms with Crippen LogP contribution < -0.4 is 0 Å². The summed E-state index contributed by atoms with van der Waals surface area (Å²) in [5.74, 6) is 2.99. The molecule has 19 rings (SSSR count). The van der Waals surface area contributed by atoms with Crippen molar-refractivity contribution in [3.63, 3.8) is 0 Å². The molecule has 4 heterocycles. The Bertz CT molecular complexity index is 6550. The van der Waals surface area contributed by atoms with Gasteiger partial charge in [-0.1, -0.05) is 393 Å². The molecule has 0 radical (unpaired) electrons. The summed E-state index contributed by atoms with van der Waals surface area (Å²) in [6, 6.07) is 150. The van der Waals surface area contributed by atoms with Crippen molar-refractivity contribution in [2.75, 3.05) is 0 Å². The van der Waals surface area contributed by atoms with Crippen molar-refractivity contribution in [2.24, 2.45) is 0 Å². The van der Waals surface area contributed by atoms with Gasteiger partial charge in [0.2, 0.25) is 0 Å². The third-order valence-electron chi connectivity index (χ3n) is 20.3. The molecular formula is C110H84N8. The quantitative estimate of drug-likeness (QED) is 0.1000. The van der Waals surface area contributed by atoms with Gasteiger partial charge in [-0.15, -0.1) is 0 Å². The van der Waals surface area contributed by atoms with Crippen LogP contribution in [0.1, 0.15) is 22.4 Å². The highest BCUT2D eigenvalue weighted by atomic mass is 14.9. The first-order valence-electron chi connectivity index (χ1n) is 39.7. The standard InChI is InChI=1S/3C29H22N2.C23H18N2/c1-21-10-8-17-26(18-21)29-30-27(23-13-6-3-7-14-23)20-28(31-29)25-16-9-15-24(19-25)22-11-4-2-5-12-22;1-21-11-8-9-18-26(21)29-30-27(23-14-6-3-7-15-23)20-28(31-29)25-17-10-16-24(19-25)22-12-4-2-5-13-22;1-21-15-17-24(18-16-21)29-30-27(23-11-6-3-7-12-23)20-28(31-29)26-14-8-13-25(19-26)22-9-4-2-5-10-22;1-17-15-22(25-23(24-17)19-11-6-3-7-12-19)21-14-8-13-20(16-21)18-9-4-2-5-10-18/h3*2-20H,1H3;2-16H,1H3. The van der Waals surface area contributed by atoms with Crippen LogP contribution in [0, 0.1) is 27.7 Å². The molecule has 0 unspecified atom stereocenters. The first kappa shape index (κ1) is 76.6. The highest BCUT2D eigenvalue weighted by Gasteiger charge is 2.17. The van der Waals surface area contributed by atoms with E-state index in [9.17, 15) is 0 Å². The summed E-state index contributed by atoms with van der Waals surface area (Å²) in [4.78, 5) is 39.0. The maximum absolute atomic E-state index is 4.98. The van der Waals surface area contributed by atoms with Gasteiger partial charge in [0.05, 0.1) is 39.9 Å². The molecule has 8 heteroatoms. The van der Waals surface area contributed by atoms with Gasteiger partial charge in [-0.05, 0) is 132 Å². The molecule has 0 N–H and O–H groups in total. The lowest BCUT2D eigenvalue weighted by Crippen LogP contribution is -1.97. The summed E-state index contributed by atoms with van der Waals surface area (Å²) in [5.41, 5.74) is 32.3. The van der Waals surface area contributed by atoms with Crippen LogP contribution in [0.5, 0.6) is 0 Å². The molecule has 0 spiro atoms. The average molecular weight is 1520 g/mol. The van der Waals surface area contributed by atoms with Crippen molar-refractivity contribution < 1.29 is 0 Å². The van der Waals surface area contributed by atoms with Gasteiger partial charge in [-0.2, -0.15) is 0 Å². The molecule has 4 aromatic heterocycles. The Hall–Kier alpha value is -15.4. The molecule has 0 bridgehead atoms. The summed E-state index contributed by atoms with van der Waals surface area (Å²) in [7, 11) is 0. The number of hydrogen-bond acceptors (Lipinski definition) is 8. The van der Waals surface area contributed by atoms with E-state index in [4.69, 9.17) is 34.9 Å². The van der Waals surface area contributed by atoms with Crippen molar-refractivity contribution >= 4 is 0 Å². The van der Waals surface area contributed by atoms with Crippen LogP contribution in [0.15, 0.2) is 437 Å². The lowest BCUT2D eigenvalue weighted by molar-refractivity contribution is 1.11. The summed E-state index contributed by atoms with van der Waals surface area (Å²) >= 11 is 0. The fourth-order valence-electron chi connectivity index (χ4n) is 14.1. The maximum Gasteiger partial charge on any atom is 0.160 e. The smallest absolute Gasteiger partial charge is 0.160 e. The van der Waals surface area contributed by atoms with E-state index in [1.807, 2.05) is 134 Å². The number of benzene rings is 15. The van der Waals surface area contributed by atoms with Gasteiger partial charge in [0, 0.05) is 66.9 Å². The van der Waals surface area contributed by atoms with Crippen molar-refractivity contribution in [3.8, 4) is 169 Å². The predicted octanol–water partition coefficient (Wildman–Crippen LogP) is 28.1. The monoisotopic (exact) mass is 1520 g/mol. The number of aromatic nitrogens is 8. The van der Waals surface area contributed by atoms with Gasteiger partial charge in [0.15, 0.2) is 23.3 Å². The van der Waals surface area contributed by atoms with E-state index >= 15 is 0 Å². The maximum atomic E-state index is 4.98. The number of aryl methyl sites for hydroxylation is 4. The number of hydrogen-bond donors (Lipinski definition) is 0. The van der Waals surface area contributed by atoms with Crippen LogP contribution in [0.4, 0.5) is 0 Å². The van der Waals surface area contributed by atoms with Gasteiger partial charge >= 0.3 is 0 Å². The Morgan fingerprint density at radius 3 is 0.729 bits per heavy atom. The zero-order valence-corrected chi connectivity index (χ0v) is 66.1. The van der Waals surface area contributed by atoms with Crippen LogP contribution in [0.3, 0.4) is 0 Å². The minimum absolute atomic E-state index is 0.737. The van der Waals surface area contributed by atoms with E-state index in [0.29, 0.717) is 0 Å². The summed E-state index contributed by atoms with van der Waals surface area (Å²) in [6.45, 7) is 8.29. The molecule has 8 nitrogen and oxygen atoms in total. The SMILES string of the molecule is Cc1cc(-c2cccc(-c3ccccc3)c2)nc(-c2ccccc2)n1.Cc1ccc(-c2nc(-c3ccccc3)cc(-c3cccc(-c4ccccc4)c3)n2)cc1.Cc1cccc(-c2nc(-c3ccccc3)cc(-c3cccc(-c4ccccc4)c3)n2)c1.Cc1ccccc1-c1nc(-c2ccccc2)cc(-c2cccc(-c3ccccc3)c2)n1. The molecule has 0 saturated carbocycles. The van der Waals surface area contributed by atoms with Crippen LogP contribution in [0.2, 0.25) is 0 Å². The van der Waals surface area contributed by atoms with Gasteiger partial charge < -0.3 is 0 Å². The second-order valence-electron chi connectivity index (χ2n) is 28.9. The molecule has 0 aliphatic rings. The fourth-order valence-corrected chi connectivity index (χ4v) is 14.1. The van der Waals surface area contributed by atoms with E-state index in [0.717, 1.165) is 136 Å². The Kier molecular flexibility index (Phi) is 24.1. The second kappa shape index (κ2) is 37.1. The van der Waals surface area contributed by atoms with Crippen LogP contribution in [-0.2, 0) is 0 Å². The third-order valence-corrected chi connectivity index (χ3v) is 20.3. The Balaban J connectivity index is 0.000000118. The largest absolute Gasteiger partial charge is 0.233 e. The van der Waals surface area contributed by atoms with Gasteiger partial charge in [0.1, 0.15) is 0 Å². The minimum Gasteiger partial charge on any atom is -0.233 e. The van der Waals surface area contributed by atoms with E-state index in [-0.39, 0.29) is 0 Å². The number of nitrogens with zero attached hydrogens (tertiary/aromatic N) is 8. The van der Waals surface area contributed by atoms with Gasteiger partial charge in [-0.3, -0.25) is 0 Å². The van der Waals surface area contributed by atoms with E-state index < -0.39 is 0 Å². The Labute approximate surface area is 691 Å². The first-order chi connectivity index (χ1) is 58.1. The molecule has 0 amide bonds. The topological polar surface area (TPSA) is 103 Å². The summed E-state index contributed by atoms with van der Waals surface area (Å²) in [6.07, 6.45) is 0. The van der Waals surface area contributed by atoms with E-state index in [2.05, 4.69) is 335 Å². The highest BCUT2D eigenvalue weighted by Crippen LogP contribution is 2.36. The predicted molar refractivity (Wildman–Crippen MR) is 489 cm³/mol. The van der Waals surface area contributed by atoms with Gasteiger partial charge in [0.25, 0.3) is 0 Å².